The highest BCUT2D eigenvalue weighted by Gasteiger charge is 2.24. The fraction of sp³-hybridized carbons (Fsp3) is 0.600. The number of hydrogen-bond acceptors (Lipinski definition) is 3. The van der Waals surface area contributed by atoms with Crippen LogP contribution in [-0.2, 0) is 6.54 Å². The zero-order chi connectivity index (χ0) is 13.2. The van der Waals surface area contributed by atoms with Crippen LogP contribution in [-0.4, -0.2) is 30.3 Å². The molecule has 1 atom stereocenters. The van der Waals surface area contributed by atoms with Crippen LogP contribution < -0.4 is 10.2 Å². The molecule has 3 rings (SSSR count). The molecule has 2 aliphatic rings. The third-order valence-electron chi connectivity index (χ3n) is 3.98. The van der Waals surface area contributed by atoms with Crippen LogP contribution in [0.15, 0.2) is 18.2 Å². The van der Waals surface area contributed by atoms with Gasteiger partial charge in [0.1, 0.15) is 0 Å². The van der Waals surface area contributed by atoms with Crippen LogP contribution in [0.4, 0.5) is 5.69 Å². The van der Waals surface area contributed by atoms with Crippen molar-refractivity contribution in [2.75, 3.05) is 18.0 Å². The standard InChI is InChI=1S/C15H21ClN2O/c16-14-4-1-5-15(13(14)9-17-11-6-7-11)18-8-2-3-12(19)10-18/h1,4-5,11-12,17,19H,2-3,6-10H2. The van der Waals surface area contributed by atoms with Crippen molar-refractivity contribution < 1.29 is 5.11 Å². The fourth-order valence-electron chi connectivity index (χ4n) is 2.73. The second kappa shape index (κ2) is 5.70. The highest BCUT2D eigenvalue weighted by atomic mass is 35.5. The van der Waals surface area contributed by atoms with Crippen molar-refractivity contribution in [2.24, 2.45) is 0 Å². The zero-order valence-corrected chi connectivity index (χ0v) is 11.9. The minimum atomic E-state index is -0.211. The lowest BCUT2D eigenvalue weighted by molar-refractivity contribution is 0.154. The minimum absolute atomic E-state index is 0.211. The number of nitrogens with zero attached hydrogens (tertiary/aromatic N) is 1. The monoisotopic (exact) mass is 280 g/mol. The third-order valence-corrected chi connectivity index (χ3v) is 4.33. The molecule has 1 saturated heterocycles. The summed E-state index contributed by atoms with van der Waals surface area (Å²) in [5.41, 5.74) is 2.35. The summed E-state index contributed by atoms with van der Waals surface area (Å²) in [6.45, 7) is 2.55. The molecule has 1 aliphatic carbocycles. The number of hydrogen-bond donors (Lipinski definition) is 2. The van der Waals surface area contributed by atoms with Gasteiger partial charge in [-0.15, -0.1) is 0 Å². The Hall–Kier alpha value is -0.770. The molecule has 3 nitrogen and oxygen atoms in total. The van der Waals surface area contributed by atoms with Crippen molar-refractivity contribution in [2.45, 2.75) is 44.4 Å². The van der Waals surface area contributed by atoms with E-state index in [2.05, 4.69) is 16.3 Å². The van der Waals surface area contributed by atoms with Gasteiger partial charge in [0.05, 0.1) is 6.10 Å². The largest absolute Gasteiger partial charge is 0.391 e. The molecule has 0 radical (unpaired) electrons. The molecule has 1 aromatic rings. The van der Waals surface area contributed by atoms with Gasteiger partial charge in [-0.05, 0) is 37.8 Å². The summed E-state index contributed by atoms with van der Waals surface area (Å²) in [4.78, 5) is 2.27. The average molecular weight is 281 g/mol. The lowest BCUT2D eigenvalue weighted by atomic mass is 10.1. The Bertz CT molecular complexity index is 448. The maximum atomic E-state index is 9.84. The van der Waals surface area contributed by atoms with Crippen molar-refractivity contribution in [1.82, 2.24) is 5.32 Å². The number of aliphatic hydroxyl groups excluding tert-OH is 1. The Morgan fingerprint density at radius 3 is 2.89 bits per heavy atom. The number of rotatable bonds is 4. The van der Waals surface area contributed by atoms with Gasteiger partial charge in [0.15, 0.2) is 0 Å². The second-order valence-electron chi connectivity index (χ2n) is 5.63. The number of halogens is 1. The highest BCUT2D eigenvalue weighted by Crippen LogP contribution is 2.30. The molecule has 0 amide bonds. The summed E-state index contributed by atoms with van der Waals surface area (Å²) in [7, 11) is 0. The molecule has 4 heteroatoms. The van der Waals surface area contributed by atoms with Gasteiger partial charge in [0.2, 0.25) is 0 Å². The molecular formula is C15H21ClN2O. The Labute approximate surface area is 119 Å². The number of anilines is 1. The van der Waals surface area contributed by atoms with E-state index >= 15 is 0 Å². The van der Waals surface area contributed by atoms with Crippen molar-refractivity contribution in [1.29, 1.82) is 0 Å². The molecular weight excluding hydrogens is 260 g/mol. The van der Waals surface area contributed by atoms with Gasteiger partial charge < -0.3 is 15.3 Å². The van der Waals surface area contributed by atoms with Crippen LogP contribution in [0.2, 0.25) is 5.02 Å². The molecule has 104 valence electrons. The van der Waals surface area contributed by atoms with Gasteiger partial charge in [-0.1, -0.05) is 17.7 Å². The zero-order valence-electron chi connectivity index (χ0n) is 11.1. The Kier molecular flexibility index (Phi) is 3.96. The van der Waals surface area contributed by atoms with Gasteiger partial charge in [-0.25, -0.2) is 0 Å². The van der Waals surface area contributed by atoms with Crippen molar-refractivity contribution in [3.05, 3.63) is 28.8 Å². The number of piperidine rings is 1. The van der Waals surface area contributed by atoms with Crippen molar-refractivity contribution in [3.8, 4) is 0 Å². The topological polar surface area (TPSA) is 35.5 Å². The van der Waals surface area contributed by atoms with Gasteiger partial charge in [-0.2, -0.15) is 0 Å². The summed E-state index contributed by atoms with van der Waals surface area (Å²) >= 11 is 6.36. The summed E-state index contributed by atoms with van der Waals surface area (Å²) in [5, 5.41) is 14.2. The molecule has 0 bridgehead atoms. The fourth-order valence-corrected chi connectivity index (χ4v) is 2.96. The van der Waals surface area contributed by atoms with Crippen molar-refractivity contribution >= 4 is 17.3 Å². The van der Waals surface area contributed by atoms with E-state index < -0.39 is 0 Å². The summed E-state index contributed by atoms with van der Waals surface area (Å²) in [5.74, 6) is 0. The maximum Gasteiger partial charge on any atom is 0.0715 e. The number of β-amino-alcohol motifs (C(OH)–C–C–N with tert-alkyl or cyclic N) is 1. The van der Waals surface area contributed by atoms with Gasteiger partial charge in [0, 0.05) is 41.9 Å². The molecule has 2 fully saturated rings. The van der Waals surface area contributed by atoms with Crippen LogP contribution in [0.5, 0.6) is 0 Å². The minimum Gasteiger partial charge on any atom is -0.391 e. The van der Waals surface area contributed by atoms with Crippen LogP contribution in [0, 0.1) is 0 Å². The van der Waals surface area contributed by atoms with E-state index in [-0.39, 0.29) is 6.10 Å². The third kappa shape index (κ3) is 3.22. The van der Waals surface area contributed by atoms with E-state index in [1.54, 1.807) is 0 Å². The second-order valence-corrected chi connectivity index (χ2v) is 6.04. The van der Waals surface area contributed by atoms with Gasteiger partial charge >= 0.3 is 0 Å². The first kappa shape index (κ1) is 13.2. The van der Waals surface area contributed by atoms with E-state index in [4.69, 9.17) is 11.6 Å². The van der Waals surface area contributed by atoms with Crippen LogP contribution in [0.1, 0.15) is 31.2 Å². The number of aliphatic hydroxyl groups is 1. The van der Waals surface area contributed by atoms with Crippen LogP contribution >= 0.6 is 11.6 Å². The first-order chi connectivity index (χ1) is 9.24. The Balaban J connectivity index is 1.79. The van der Waals surface area contributed by atoms with Gasteiger partial charge in [-0.3, -0.25) is 0 Å². The number of benzene rings is 1. The molecule has 0 aromatic heterocycles. The predicted octanol–water partition coefficient (Wildman–Crippen LogP) is 2.55. The molecule has 1 aliphatic heterocycles. The lowest BCUT2D eigenvalue weighted by Gasteiger charge is -2.33. The molecule has 1 aromatic carbocycles. The lowest BCUT2D eigenvalue weighted by Crippen LogP contribution is -2.39. The summed E-state index contributed by atoms with van der Waals surface area (Å²) in [6.07, 6.45) is 4.30. The molecule has 0 spiro atoms. The highest BCUT2D eigenvalue weighted by molar-refractivity contribution is 6.31. The molecule has 19 heavy (non-hydrogen) atoms. The predicted molar refractivity (Wildman–Crippen MR) is 78.8 cm³/mol. The summed E-state index contributed by atoms with van der Waals surface area (Å²) in [6, 6.07) is 6.75. The van der Waals surface area contributed by atoms with E-state index in [0.29, 0.717) is 6.04 Å². The quantitative estimate of drug-likeness (QED) is 0.890. The van der Waals surface area contributed by atoms with E-state index in [9.17, 15) is 5.11 Å². The average Bonchev–Trinajstić information content (AvgIpc) is 3.21. The van der Waals surface area contributed by atoms with Crippen LogP contribution in [0.25, 0.3) is 0 Å². The van der Waals surface area contributed by atoms with Crippen molar-refractivity contribution in [3.63, 3.8) is 0 Å². The molecule has 1 unspecified atom stereocenters. The SMILES string of the molecule is OC1CCCN(c2cccc(Cl)c2CNC2CC2)C1. The van der Waals surface area contributed by atoms with E-state index in [1.807, 2.05) is 12.1 Å². The molecule has 2 N–H and O–H groups in total. The number of nitrogens with one attached hydrogen (secondary N) is 1. The molecule has 1 saturated carbocycles. The Morgan fingerprint density at radius 2 is 2.16 bits per heavy atom. The van der Waals surface area contributed by atoms with Gasteiger partial charge in [0.25, 0.3) is 0 Å². The normalized spacial score (nSPS) is 23.7. The van der Waals surface area contributed by atoms with E-state index in [1.165, 1.54) is 24.1 Å². The molecule has 1 heterocycles. The smallest absolute Gasteiger partial charge is 0.0715 e. The first-order valence-corrected chi connectivity index (χ1v) is 7.55. The van der Waals surface area contributed by atoms with Crippen LogP contribution in [0.3, 0.4) is 0 Å². The maximum absolute atomic E-state index is 9.84. The first-order valence-electron chi connectivity index (χ1n) is 7.18. The Morgan fingerprint density at radius 1 is 1.32 bits per heavy atom. The van der Waals surface area contributed by atoms with E-state index in [0.717, 1.165) is 37.5 Å². The summed E-state index contributed by atoms with van der Waals surface area (Å²) < 4.78 is 0.